The number of sulfone groups is 1. The van der Waals surface area contributed by atoms with Gasteiger partial charge in [0.1, 0.15) is 5.82 Å². The van der Waals surface area contributed by atoms with Crippen LogP contribution in [0.4, 0.5) is 10.1 Å². The summed E-state index contributed by atoms with van der Waals surface area (Å²) in [4.78, 5) is 37.8. The monoisotopic (exact) mass is 412 g/mol. The van der Waals surface area contributed by atoms with Crippen LogP contribution in [0, 0.1) is 11.7 Å². The number of esters is 1. The molecule has 3 rings (SSSR count). The molecule has 0 saturated carbocycles. The van der Waals surface area contributed by atoms with Gasteiger partial charge in [0.25, 0.3) is 5.91 Å². The fourth-order valence-corrected chi connectivity index (χ4v) is 4.99. The van der Waals surface area contributed by atoms with Crippen molar-refractivity contribution in [2.75, 3.05) is 23.0 Å². The number of nitrogens with one attached hydrogen (secondary N) is 1. The molecular weight excluding hydrogens is 391 g/mol. The predicted octanol–water partition coefficient (Wildman–Crippen LogP) is 0.414. The van der Waals surface area contributed by atoms with Gasteiger partial charge in [0.2, 0.25) is 5.91 Å². The van der Waals surface area contributed by atoms with Gasteiger partial charge < -0.3 is 15.0 Å². The van der Waals surface area contributed by atoms with Gasteiger partial charge in [0.15, 0.2) is 15.9 Å². The average Bonchev–Trinajstić information content (AvgIpc) is 3.17. The van der Waals surface area contributed by atoms with E-state index in [1.807, 2.05) is 0 Å². The lowest BCUT2D eigenvalue weighted by Crippen LogP contribution is -2.43. The molecular formula is C18H21FN2O6S. The van der Waals surface area contributed by atoms with Crippen LogP contribution in [0.1, 0.15) is 19.8 Å². The number of halogens is 1. The summed E-state index contributed by atoms with van der Waals surface area (Å²) in [6, 6.07) is 5.27. The van der Waals surface area contributed by atoms with Gasteiger partial charge in [0, 0.05) is 19.0 Å². The quantitative estimate of drug-likeness (QED) is 0.702. The first-order valence-electron chi connectivity index (χ1n) is 8.92. The molecule has 0 radical (unpaired) electrons. The van der Waals surface area contributed by atoms with E-state index in [1.54, 1.807) is 6.07 Å². The number of carbonyl (C=O) groups excluding carboxylic acids is 3. The van der Waals surface area contributed by atoms with E-state index in [9.17, 15) is 27.2 Å². The SMILES string of the molecule is C[C@H](OC(=O)[C@@H]1CC(=O)N(c2ccccc2F)C1)C(=O)N[C@@H]1CCS(=O)(=O)C1. The fraction of sp³-hybridized carbons (Fsp3) is 0.500. The van der Waals surface area contributed by atoms with Crippen LogP contribution in [0.5, 0.6) is 0 Å². The van der Waals surface area contributed by atoms with Crippen LogP contribution in [0.3, 0.4) is 0 Å². The molecule has 2 fully saturated rings. The highest BCUT2D eigenvalue weighted by atomic mass is 32.2. The van der Waals surface area contributed by atoms with E-state index in [2.05, 4.69) is 5.32 Å². The van der Waals surface area contributed by atoms with Crippen LogP contribution >= 0.6 is 0 Å². The van der Waals surface area contributed by atoms with Crippen molar-refractivity contribution in [3.8, 4) is 0 Å². The molecule has 10 heteroatoms. The van der Waals surface area contributed by atoms with E-state index in [-0.39, 0.29) is 30.2 Å². The molecule has 0 unspecified atom stereocenters. The van der Waals surface area contributed by atoms with Crippen molar-refractivity contribution < 1.29 is 31.9 Å². The molecule has 2 aliphatic heterocycles. The third kappa shape index (κ3) is 4.49. The molecule has 3 atom stereocenters. The lowest BCUT2D eigenvalue weighted by atomic mass is 10.1. The van der Waals surface area contributed by atoms with Crippen LogP contribution in [0.15, 0.2) is 24.3 Å². The van der Waals surface area contributed by atoms with Crippen LogP contribution in [-0.4, -0.2) is 56.4 Å². The standard InChI is InChI=1S/C18H21FN2O6S/c1-11(17(23)20-13-6-7-28(25,26)10-13)27-18(24)12-8-16(22)21(9-12)15-5-3-2-4-14(15)19/h2-5,11-13H,6-10H2,1H3,(H,20,23)/t11-,12+,13+/m0/s1. The molecule has 0 bridgehead atoms. The Morgan fingerprint density at radius 3 is 2.68 bits per heavy atom. The third-order valence-electron chi connectivity index (χ3n) is 4.84. The normalized spacial score (nSPS) is 24.8. The molecule has 2 amide bonds. The third-order valence-corrected chi connectivity index (χ3v) is 6.61. The van der Waals surface area contributed by atoms with E-state index in [1.165, 1.54) is 30.0 Å². The molecule has 8 nitrogen and oxygen atoms in total. The minimum Gasteiger partial charge on any atom is -0.452 e. The number of anilines is 1. The number of carbonyl (C=O) groups is 3. The van der Waals surface area contributed by atoms with E-state index < -0.39 is 51.5 Å². The summed E-state index contributed by atoms with van der Waals surface area (Å²) >= 11 is 0. The molecule has 2 aliphatic rings. The molecule has 0 spiro atoms. The second kappa shape index (κ2) is 7.86. The number of hydrogen-bond donors (Lipinski definition) is 1. The Kier molecular flexibility index (Phi) is 5.69. The molecule has 152 valence electrons. The Morgan fingerprint density at radius 2 is 2.04 bits per heavy atom. The van der Waals surface area contributed by atoms with Crippen LogP contribution < -0.4 is 10.2 Å². The average molecular weight is 412 g/mol. The van der Waals surface area contributed by atoms with Crippen LogP contribution in [0.25, 0.3) is 0 Å². The highest BCUT2D eigenvalue weighted by Crippen LogP contribution is 2.28. The molecule has 1 aromatic rings. The molecule has 2 saturated heterocycles. The molecule has 28 heavy (non-hydrogen) atoms. The molecule has 1 N–H and O–H groups in total. The van der Waals surface area contributed by atoms with Gasteiger partial charge in [-0.05, 0) is 25.5 Å². The zero-order chi connectivity index (χ0) is 20.5. The summed E-state index contributed by atoms with van der Waals surface area (Å²) in [5, 5.41) is 2.56. The second-order valence-corrected chi connectivity index (χ2v) is 9.27. The number of amides is 2. The summed E-state index contributed by atoms with van der Waals surface area (Å²) in [5.74, 6) is -3.21. The first-order chi connectivity index (χ1) is 13.2. The summed E-state index contributed by atoms with van der Waals surface area (Å²) < 4.78 is 41.9. The smallest absolute Gasteiger partial charge is 0.312 e. The maximum atomic E-state index is 13.9. The van der Waals surface area contributed by atoms with E-state index in [0.29, 0.717) is 6.42 Å². The number of rotatable bonds is 5. The maximum Gasteiger partial charge on any atom is 0.312 e. The Hall–Kier alpha value is -2.49. The van der Waals surface area contributed by atoms with E-state index in [4.69, 9.17) is 4.74 Å². The van der Waals surface area contributed by atoms with Crippen molar-refractivity contribution >= 4 is 33.3 Å². The highest BCUT2D eigenvalue weighted by molar-refractivity contribution is 7.91. The van der Waals surface area contributed by atoms with Gasteiger partial charge >= 0.3 is 5.97 Å². The van der Waals surface area contributed by atoms with Crippen LogP contribution in [0.2, 0.25) is 0 Å². The lowest BCUT2D eigenvalue weighted by molar-refractivity contribution is -0.158. The number of hydrogen-bond acceptors (Lipinski definition) is 6. The number of para-hydroxylation sites is 1. The predicted molar refractivity (Wildman–Crippen MR) is 97.6 cm³/mol. The van der Waals surface area contributed by atoms with Gasteiger partial charge in [-0.25, -0.2) is 12.8 Å². The lowest BCUT2D eigenvalue weighted by Gasteiger charge is -2.19. The summed E-state index contributed by atoms with van der Waals surface area (Å²) in [6.45, 7) is 1.34. The molecule has 0 aromatic heterocycles. The summed E-state index contributed by atoms with van der Waals surface area (Å²) in [6.07, 6.45) is -0.945. The molecule has 2 heterocycles. The molecule has 0 aliphatic carbocycles. The van der Waals surface area contributed by atoms with Crippen molar-refractivity contribution in [2.45, 2.75) is 31.9 Å². The Morgan fingerprint density at radius 1 is 1.32 bits per heavy atom. The van der Waals surface area contributed by atoms with Gasteiger partial charge in [0.05, 0.1) is 23.1 Å². The number of benzene rings is 1. The Labute approximate surface area is 161 Å². The first kappa shape index (κ1) is 20.2. The largest absolute Gasteiger partial charge is 0.452 e. The second-order valence-electron chi connectivity index (χ2n) is 7.04. The number of ether oxygens (including phenoxy) is 1. The summed E-state index contributed by atoms with van der Waals surface area (Å²) in [5.41, 5.74) is 0.0936. The van der Waals surface area contributed by atoms with Crippen molar-refractivity contribution in [1.82, 2.24) is 5.32 Å². The van der Waals surface area contributed by atoms with Gasteiger partial charge in [-0.1, -0.05) is 12.1 Å². The maximum absolute atomic E-state index is 13.9. The topological polar surface area (TPSA) is 110 Å². The fourth-order valence-electron chi connectivity index (χ4n) is 3.32. The zero-order valence-corrected chi connectivity index (χ0v) is 16.1. The van der Waals surface area contributed by atoms with E-state index in [0.717, 1.165) is 0 Å². The zero-order valence-electron chi connectivity index (χ0n) is 15.3. The minimum atomic E-state index is -3.14. The van der Waals surface area contributed by atoms with Crippen molar-refractivity contribution in [3.05, 3.63) is 30.1 Å². The Balaban J connectivity index is 1.55. The van der Waals surface area contributed by atoms with Gasteiger partial charge in [-0.15, -0.1) is 0 Å². The van der Waals surface area contributed by atoms with Crippen molar-refractivity contribution in [2.24, 2.45) is 5.92 Å². The highest BCUT2D eigenvalue weighted by Gasteiger charge is 2.38. The number of nitrogens with zero attached hydrogens (tertiary/aromatic N) is 1. The van der Waals surface area contributed by atoms with E-state index >= 15 is 0 Å². The molecule has 1 aromatic carbocycles. The first-order valence-corrected chi connectivity index (χ1v) is 10.7. The van der Waals surface area contributed by atoms with Gasteiger partial charge in [-0.3, -0.25) is 14.4 Å². The van der Waals surface area contributed by atoms with Gasteiger partial charge in [-0.2, -0.15) is 0 Å². The van der Waals surface area contributed by atoms with Crippen molar-refractivity contribution in [1.29, 1.82) is 0 Å². The van der Waals surface area contributed by atoms with Crippen LogP contribution in [-0.2, 0) is 29.0 Å². The minimum absolute atomic E-state index is 0.0161. The van der Waals surface area contributed by atoms with Crippen molar-refractivity contribution in [3.63, 3.8) is 0 Å². The summed E-state index contributed by atoms with van der Waals surface area (Å²) in [7, 11) is -3.14. The Bertz CT molecular complexity index is 903.